The molecular weight excluding hydrogens is 382 g/mol. The zero-order chi connectivity index (χ0) is 20.5. The standard InChI is InChI=1S/C21H20F6O/c1-2-12-8-17(22)16(18(23)9-12)6-4-13-3-5-14-11-20(28-21(25,26)27)19(24)10-15(14)7-13/h8-11,13H,2-7H2,1H3. The predicted octanol–water partition coefficient (Wildman–Crippen LogP) is 6.30. The lowest BCUT2D eigenvalue weighted by molar-refractivity contribution is -0.275. The number of hydrogen-bond donors (Lipinski definition) is 0. The normalized spacial score (nSPS) is 16.8. The van der Waals surface area contributed by atoms with E-state index in [0.29, 0.717) is 48.8 Å². The van der Waals surface area contributed by atoms with E-state index in [1.165, 1.54) is 12.1 Å². The number of fused-ring (bicyclic) bond motifs is 1. The molecule has 1 aliphatic carbocycles. The maximum Gasteiger partial charge on any atom is 0.573 e. The molecule has 3 rings (SSSR count). The van der Waals surface area contributed by atoms with Crippen molar-refractivity contribution in [3.05, 3.63) is 64.0 Å². The van der Waals surface area contributed by atoms with Crippen molar-refractivity contribution in [2.75, 3.05) is 0 Å². The van der Waals surface area contributed by atoms with E-state index in [2.05, 4.69) is 4.74 Å². The lowest BCUT2D eigenvalue weighted by Gasteiger charge is -2.25. The highest BCUT2D eigenvalue weighted by molar-refractivity contribution is 5.39. The largest absolute Gasteiger partial charge is 0.573 e. The highest BCUT2D eigenvalue weighted by atomic mass is 19.4. The van der Waals surface area contributed by atoms with Gasteiger partial charge in [-0.1, -0.05) is 6.92 Å². The molecule has 2 aromatic carbocycles. The fraction of sp³-hybridized carbons (Fsp3) is 0.429. The van der Waals surface area contributed by atoms with Crippen LogP contribution >= 0.6 is 0 Å². The molecule has 1 aliphatic rings. The maximum absolute atomic E-state index is 14.1. The first-order valence-electron chi connectivity index (χ1n) is 9.20. The van der Waals surface area contributed by atoms with Gasteiger partial charge in [0.25, 0.3) is 0 Å². The Morgan fingerprint density at radius 1 is 0.964 bits per heavy atom. The van der Waals surface area contributed by atoms with E-state index in [1.54, 1.807) is 0 Å². The van der Waals surface area contributed by atoms with Crippen molar-refractivity contribution in [1.29, 1.82) is 0 Å². The number of benzene rings is 2. The van der Waals surface area contributed by atoms with E-state index in [-0.39, 0.29) is 17.9 Å². The van der Waals surface area contributed by atoms with Gasteiger partial charge < -0.3 is 4.74 Å². The van der Waals surface area contributed by atoms with Gasteiger partial charge in [0, 0.05) is 5.56 Å². The highest BCUT2D eigenvalue weighted by Crippen LogP contribution is 2.35. The molecule has 0 spiro atoms. The van der Waals surface area contributed by atoms with Crippen LogP contribution < -0.4 is 4.74 Å². The Labute approximate surface area is 159 Å². The molecule has 1 unspecified atom stereocenters. The number of alkyl halides is 3. The summed E-state index contributed by atoms with van der Waals surface area (Å²) in [5.74, 6) is -2.94. The van der Waals surface area contributed by atoms with E-state index in [4.69, 9.17) is 0 Å². The molecule has 152 valence electrons. The first kappa shape index (κ1) is 20.6. The molecule has 0 saturated carbocycles. The van der Waals surface area contributed by atoms with Gasteiger partial charge in [-0.25, -0.2) is 13.2 Å². The summed E-state index contributed by atoms with van der Waals surface area (Å²) < 4.78 is 82.9. The number of rotatable bonds is 5. The molecule has 0 aliphatic heterocycles. The van der Waals surface area contributed by atoms with Crippen LogP contribution in [0.5, 0.6) is 5.75 Å². The van der Waals surface area contributed by atoms with Crippen molar-refractivity contribution in [2.45, 2.75) is 51.8 Å². The SMILES string of the molecule is CCc1cc(F)c(CCC2CCc3cc(OC(F)(F)F)c(F)cc3C2)c(F)c1. The molecule has 0 fully saturated rings. The highest BCUT2D eigenvalue weighted by Gasteiger charge is 2.33. The zero-order valence-corrected chi connectivity index (χ0v) is 15.3. The predicted molar refractivity (Wildman–Crippen MR) is 92.7 cm³/mol. The number of ether oxygens (including phenoxy) is 1. The number of halogens is 6. The molecule has 0 N–H and O–H groups in total. The average molecular weight is 402 g/mol. The molecule has 7 heteroatoms. The topological polar surface area (TPSA) is 9.23 Å². The van der Waals surface area contributed by atoms with Gasteiger partial charge in [-0.2, -0.15) is 0 Å². The molecule has 0 radical (unpaired) electrons. The van der Waals surface area contributed by atoms with Crippen LogP contribution in [0.25, 0.3) is 0 Å². The van der Waals surface area contributed by atoms with E-state index >= 15 is 0 Å². The molecule has 0 bridgehead atoms. The van der Waals surface area contributed by atoms with E-state index in [9.17, 15) is 26.3 Å². The fourth-order valence-electron chi connectivity index (χ4n) is 3.73. The van der Waals surface area contributed by atoms with Crippen molar-refractivity contribution >= 4 is 0 Å². The Morgan fingerprint density at radius 3 is 2.25 bits per heavy atom. The van der Waals surface area contributed by atoms with Gasteiger partial charge in [0.2, 0.25) is 0 Å². The van der Waals surface area contributed by atoms with Gasteiger partial charge in [-0.3, -0.25) is 0 Å². The minimum atomic E-state index is -4.95. The maximum atomic E-state index is 14.1. The second-order valence-electron chi connectivity index (χ2n) is 7.14. The molecule has 1 nitrogen and oxygen atoms in total. The summed E-state index contributed by atoms with van der Waals surface area (Å²) in [4.78, 5) is 0. The van der Waals surface area contributed by atoms with Gasteiger partial charge >= 0.3 is 6.36 Å². The van der Waals surface area contributed by atoms with Gasteiger partial charge in [0.05, 0.1) is 0 Å². The summed E-state index contributed by atoms with van der Waals surface area (Å²) in [5.41, 5.74) is 1.87. The van der Waals surface area contributed by atoms with Crippen molar-refractivity contribution in [2.24, 2.45) is 5.92 Å². The van der Waals surface area contributed by atoms with E-state index in [1.807, 2.05) is 6.92 Å². The lowest BCUT2D eigenvalue weighted by atomic mass is 9.81. The third-order valence-electron chi connectivity index (χ3n) is 5.22. The first-order chi connectivity index (χ1) is 13.2. The van der Waals surface area contributed by atoms with E-state index < -0.39 is 29.6 Å². The summed E-state index contributed by atoms with van der Waals surface area (Å²) in [6.45, 7) is 1.82. The van der Waals surface area contributed by atoms with Gasteiger partial charge in [0.15, 0.2) is 11.6 Å². The third kappa shape index (κ3) is 4.80. The summed E-state index contributed by atoms with van der Waals surface area (Å²) in [7, 11) is 0. The smallest absolute Gasteiger partial charge is 0.403 e. The number of aryl methyl sites for hydroxylation is 2. The lowest BCUT2D eigenvalue weighted by Crippen LogP contribution is -2.20. The molecule has 0 amide bonds. The Bertz CT molecular complexity index is 836. The fourth-order valence-corrected chi connectivity index (χ4v) is 3.73. The van der Waals surface area contributed by atoms with Crippen LogP contribution in [0.3, 0.4) is 0 Å². The van der Waals surface area contributed by atoms with Crippen LogP contribution in [0, 0.1) is 23.4 Å². The molecule has 0 heterocycles. The van der Waals surface area contributed by atoms with Crippen LogP contribution in [-0.4, -0.2) is 6.36 Å². The molecule has 0 aromatic heterocycles. The Morgan fingerprint density at radius 2 is 1.64 bits per heavy atom. The van der Waals surface area contributed by atoms with Crippen LogP contribution in [0.2, 0.25) is 0 Å². The molecular formula is C21H20F6O. The first-order valence-corrected chi connectivity index (χ1v) is 9.20. The second kappa shape index (κ2) is 8.05. The number of hydrogen-bond acceptors (Lipinski definition) is 1. The van der Waals surface area contributed by atoms with Crippen LogP contribution in [0.15, 0.2) is 24.3 Å². The quantitative estimate of drug-likeness (QED) is 0.533. The minimum absolute atomic E-state index is 0.0445. The van der Waals surface area contributed by atoms with Crippen LogP contribution in [0.4, 0.5) is 26.3 Å². The van der Waals surface area contributed by atoms with E-state index in [0.717, 1.165) is 12.1 Å². The summed E-state index contributed by atoms with van der Waals surface area (Å²) in [6.07, 6.45) is -2.10. The molecule has 28 heavy (non-hydrogen) atoms. The summed E-state index contributed by atoms with van der Waals surface area (Å²) >= 11 is 0. The third-order valence-corrected chi connectivity index (χ3v) is 5.22. The van der Waals surface area contributed by atoms with Crippen LogP contribution in [-0.2, 0) is 25.7 Å². The Hall–Kier alpha value is -2.18. The second-order valence-corrected chi connectivity index (χ2v) is 7.14. The van der Waals surface area contributed by atoms with Crippen molar-refractivity contribution < 1.29 is 31.1 Å². The Balaban J connectivity index is 1.68. The summed E-state index contributed by atoms with van der Waals surface area (Å²) in [5, 5.41) is 0. The zero-order valence-electron chi connectivity index (χ0n) is 15.3. The molecule has 1 atom stereocenters. The van der Waals surface area contributed by atoms with Gasteiger partial charge in [0.1, 0.15) is 11.6 Å². The van der Waals surface area contributed by atoms with Crippen molar-refractivity contribution in [3.8, 4) is 5.75 Å². The van der Waals surface area contributed by atoms with Gasteiger partial charge in [-0.15, -0.1) is 13.2 Å². The molecule has 2 aromatic rings. The van der Waals surface area contributed by atoms with Crippen molar-refractivity contribution in [3.63, 3.8) is 0 Å². The minimum Gasteiger partial charge on any atom is -0.403 e. The van der Waals surface area contributed by atoms with Crippen molar-refractivity contribution in [1.82, 2.24) is 0 Å². The van der Waals surface area contributed by atoms with Gasteiger partial charge in [-0.05, 0) is 85.4 Å². The van der Waals surface area contributed by atoms with Crippen LogP contribution in [0.1, 0.15) is 42.0 Å². The molecule has 0 saturated heterocycles. The average Bonchev–Trinajstić information content (AvgIpc) is 2.60. The Kier molecular flexibility index (Phi) is 5.91. The monoisotopic (exact) mass is 402 g/mol. The summed E-state index contributed by atoms with van der Waals surface area (Å²) in [6, 6.07) is 4.84.